The number of anilines is 1. The van der Waals surface area contributed by atoms with Gasteiger partial charge in [-0.05, 0) is 52.0 Å². The Hall–Kier alpha value is -2.74. The van der Waals surface area contributed by atoms with Crippen molar-refractivity contribution in [1.29, 1.82) is 0 Å². The van der Waals surface area contributed by atoms with Gasteiger partial charge in [0.1, 0.15) is 10.4 Å². The molecule has 6 nitrogen and oxygen atoms in total. The maximum atomic E-state index is 14.0. The van der Waals surface area contributed by atoms with E-state index in [1.54, 1.807) is 11.8 Å². The van der Waals surface area contributed by atoms with Crippen molar-refractivity contribution in [2.45, 2.75) is 26.8 Å². The fraction of sp³-hybridized carbons (Fsp3) is 0.286. The highest BCUT2D eigenvalue weighted by molar-refractivity contribution is 9.10. The Kier molecular flexibility index (Phi) is 6.64. The van der Waals surface area contributed by atoms with Crippen LogP contribution in [0.25, 0.3) is 0 Å². The van der Waals surface area contributed by atoms with Crippen molar-refractivity contribution in [3.63, 3.8) is 0 Å². The van der Waals surface area contributed by atoms with E-state index in [9.17, 15) is 9.18 Å². The van der Waals surface area contributed by atoms with E-state index < -0.39 is 11.7 Å². The first-order chi connectivity index (χ1) is 13.9. The highest BCUT2D eigenvalue weighted by Crippen LogP contribution is 2.21. The number of nitrogens with zero attached hydrogens (tertiary/aromatic N) is 3. The van der Waals surface area contributed by atoms with Crippen molar-refractivity contribution in [3.05, 3.63) is 69.8 Å². The number of aromatic nitrogens is 3. The van der Waals surface area contributed by atoms with Crippen LogP contribution in [-0.4, -0.2) is 27.8 Å². The van der Waals surface area contributed by atoms with Crippen LogP contribution in [0.1, 0.15) is 35.3 Å². The summed E-state index contributed by atoms with van der Waals surface area (Å²) in [5, 5.41) is 7.27. The average molecular weight is 461 g/mol. The van der Waals surface area contributed by atoms with Crippen LogP contribution >= 0.6 is 15.9 Å². The van der Waals surface area contributed by atoms with Crippen molar-refractivity contribution in [2.75, 3.05) is 12.4 Å². The second-order valence-corrected chi connectivity index (χ2v) is 7.90. The van der Waals surface area contributed by atoms with Gasteiger partial charge < -0.3 is 10.1 Å². The molecule has 0 unspecified atom stereocenters. The third kappa shape index (κ3) is 5.41. The fourth-order valence-electron chi connectivity index (χ4n) is 2.92. The maximum absolute atomic E-state index is 14.0. The molecule has 3 rings (SSSR count). The molecular weight excluding hydrogens is 439 g/mol. The third-order valence-corrected chi connectivity index (χ3v) is 4.70. The quantitative estimate of drug-likeness (QED) is 0.519. The summed E-state index contributed by atoms with van der Waals surface area (Å²) in [6.07, 6.45) is 3.66. The predicted molar refractivity (Wildman–Crippen MR) is 113 cm³/mol. The van der Waals surface area contributed by atoms with E-state index in [1.165, 1.54) is 6.07 Å². The zero-order valence-electron chi connectivity index (χ0n) is 16.4. The molecule has 1 amide bonds. The number of rotatable bonds is 7. The van der Waals surface area contributed by atoms with Crippen LogP contribution in [0.15, 0.2) is 47.3 Å². The molecule has 29 heavy (non-hydrogen) atoms. The molecule has 1 aromatic carbocycles. The molecule has 0 aliphatic rings. The molecule has 0 aliphatic heterocycles. The summed E-state index contributed by atoms with van der Waals surface area (Å²) in [6, 6.07) is 9.05. The Morgan fingerprint density at radius 2 is 2.03 bits per heavy atom. The number of halogens is 2. The average Bonchev–Trinajstić information content (AvgIpc) is 3.04. The topological polar surface area (TPSA) is 69.0 Å². The molecule has 1 N–H and O–H groups in total. The lowest BCUT2D eigenvalue weighted by molar-refractivity contribution is 0.102. The molecule has 8 heteroatoms. The van der Waals surface area contributed by atoms with Gasteiger partial charge in [0.25, 0.3) is 5.91 Å². The van der Waals surface area contributed by atoms with E-state index in [2.05, 4.69) is 45.2 Å². The summed E-state index contributed by atoms with van der Waals surface area (Å²) >= 11 is 3.16. The summed E-state index contributed by atoms with van der Waals surface area (Å²) in [7, 11) is 1.62. The van der Waals surface area contributed by atoms with Gasteiger partial charge in [0, 0.05) is 11.8 Å². The van der Waals surface area contributed by atoms with Gasteiger partial charge in [-0.15, -0.1) is 0 Å². The van der Waals surface area contributed by atoms with Gasteiger partial charge in [0.2, 0.25) is 0 Å². The Morgan fingerprint density at radius 1 is 1.31 bits per heavy atom. The molecule has 152 valence electrons. The van der Waals surface area contributed by atoms with Crippen molar-refractivity contribution in [2.24, 2.45) is 5.92 Å². The number of pyridine rings is 1. The van der Waals surface area contributed by atoms with Gasteiger partial charge in [-0.25, -0.2) is 9.37 Å². The van der Waals surface area contributed by atoms with Gasteiger partial charge in [-0.2, -0.15) is 5.10 Å². The summed E-state index contributed by atoms with van der Waals surface area (Å²) in [6.45, 7) is 4.72. The second kappa shape index (κ2) is 9.17. The Morgan fingerprint density at radius 3 is 2.69 bits per heavy atom. The van der Waals surface area contributed by atoms with Gasteiger partial charge in [-0.3, -0.25) is 9.48 Å². The van der Waals surface area contributed by atoms with Crippen LogP contribution in [0.4, 0.5) is 10.2 Å². The molecule has 3 aromatic rings. The fourth-order valence-corrected chi connectivity index (χ4v) is 3.25. The van der Waals surface area contributed by atoms with E-state index >= 15 is 0 Å². The number of benzene rings is 1. The molecule has 2 aromatic heterocycles. The zero-order chi connectivity index (χ0) is 21.0. The van der Waals surface area contributed by atoms with E-state index in [1.807, 2.05) is 30.5 Å². The predicted octanol–water partition coefficient (Wildman–Crippen LogP) is 4.69. The van der Waals surface area contributed by atoms with Gasteiger partial charge in [0.15, 0.2) is 11.6 Å². The minimum absolute atomic E-state index is 0.0907. The van der Waals surface area contributed by atoms with Crippen LogP contribution in [-0.2, 0) is 13.0 Å². The standard InChI is InChI=1S/C21H22BrFN4O2/c1-13(2)8-15-12-27(11-14-4-6-16(29-3)7-5-14)26-20(15)25-21(28)17-9-19(22)24-10-18(17)23/h4-7,9-10,12-13H,8,11H2,1-3H3,(H,25,26,28). The Bertz CT molecular complexity index is 1000. The van der Waals surface area contributed by atoms with Gasteiger partial charge >= 0.3 is 0 Å². The number of amides is 1. The van der Waals surface area contributed by atoms with Crippen LogP contribution in [0.2, 0.25) is 0 Å². The first-order valence-electron chi connectivity index (χ1n) is 9.17. The molecule has 2 heterocycles. The molecule has 0 aliphatic carbocycles. The number of nitrogens with one attached hydrogen (secondary N) is 1. The summed E-state index contributed by atoms with van der Waals surface area (Å²) < 4.78 is 21.3. The van der Waals surface area contributed by atoms with E-state index in [0.29, 0.717) is 22.9 Å². The lowest BCUT2D eigenvalue weighted by atomic mass is 10.1. The number of carbonyl (C=O) groups excluding carboxylic acids is 1. The number of hydrogen-bond donors (Lipinski definition) is 1. The molecule has 0 atom stereocenters. The van der Waals surface area contributed by atoms with Crippen LogP contribution in [0.3, 0.4) is 0 Å². The third-order valence-electron chi connectivity index (χ3n) is 4.27. The summed E-state index contributed by atoms with van der Waals surface area (Å²) in [4.78, 5) is 16.4. The second-order valence-electron chi connectivity index (χ2n) is 7.09. The number of ether oxygens (including phenoxy) is 1. The largest absolute Gasteiger partial charge is 0.497 e. The highest BCUT2D eigenvalue weighted by atomic mass is 79.9. The Balaban J connectivity index is 1.84. The summed E-state index contributed by atoms with van der Waals surface area (Å²) in [5.74, 6) is 0.341. The molecule has 0 fully saturated rings. The zero-order valence-corrected chi connectivity index (χ0v) is 18.0. The SMILES string of the molecule is COc1ccc(Cn2cc(CC(C)C)c(NC(=O)c3cc(Br)ncc3F)n2)cc1. The van der Waals surface area contributed by atoms with E-state index in [-0.39, 0.29) is 5.56 Å². The van der Waals surface area contributed by atoms with Crippen molar-refractivity contribution >= 4 is 27.7 Å². The lowest BCUT2D eigenvalue weighted by Crippen LogP contribution is -2.16. The number of methoxy groups -OCH3 is 1. The minimum Gasteiger partial charge on any atom is -0.497 e. The van der Waals surface area contributed by atoms with Crippen molar-refractivity contribution in [1.82, 2.24) is 14.8 Å². The summed E-state index contributed by atoms with van der Waals surface area (Å²) in [5.41, 5.74) is 1.86. The van der Waals surface area contributed by atoms with Crippen molar-refractivity contribution in [3.8, 4) is 5.75 Å². The van der Waals surface area contributed by atoms with Gasteiger partial charge in [0.05, 0.1) is 25.4 Å². The first-order valence-corrected chi connectivity index (χ1v) is 9.96. The van der Waals surface area contributed by atoms with E-state index in [0.717, 1.165) is 29.5 Å². The van der Waals surface area contributed by atoms with Crippen molar-refractivity contribution < 1.29 is 13.9 Å². The normalized spacial score (nSPS) is 11.0. The van der Waals surface area contributed by atoms with Crippen LogP contribution in [0.5, 0.6) is 5.75 Å². The molecular formula is C21H22BrFN4O2. The molecule has 0 radical (unpaired) electrons. The molecule has 0 saturated heterocycles. The smallest absolute Gasteiger partial charge is 0.260 e. The molecule has 0 bridgehead atoms. The number of hydrogen-bond acceptors (Lipinski definition) is 4. The Labute approximate surface area is 177 Å². The first kappa shape index (κ1) is 21.0. The van der Waals surface area contributed by atoms with Gasteiger partial charge in [-0.1, -0.05) is 26.0 Å². The molecule has 0 spiro atoms. The van der Waals surface area contributed by atoms with Crippen LogP contribution in [0, 0.1) is 11.7 Å². The minimum atomic E-state index is -0.686. The lowest BCUT2D eigenvalue weighted by Gasteiger charge is -2.07. The number of carbonyl (C=O) groups is 1. The highest BCUT2D eigenvalue weighted by Gasteiger charge is 2.18. The van der Waals surface area contributed by atoms with E-state index in [4.69, 9.17) is 4.74 Å². The molecule has 0 saturated carbocycles. The monoisotopic (exact) mass is 460 g/mol. The maximum Gasteiger partial charge on any atom is 0.260 e. The van der Waals surface area contributed by atoms with Crippen LogP contribution < -0.4 is 10.1 Å².